The number of fused-ring (bicyclic) bond motifs is 1. The zero-order valence-electron chi connectivity index (χ0n) is 19.4. The first-order valence-corrected chi connectivity index (χ1v) is 10.8. The van der Waals surface area contributed by atoms with E-state index in [1.807, 2.05) is 17.0 Å². The number of likely N-dealkylation sites (tertiary alicyclic amines) is 1. The Bertz CT molecular complexity index is 1050. The maximum absolute atomic E-state index is 13.4. The van der Waals surface area contributed by atoms with Crippen LogP contribution in [0.5, 0.6) is 11.8 Å². The number of nitrogens with zero attached hydrogens (tertiary/aromatic N) is 3. The number of benzene rings is 1. The molecule has 8 nitrogen and oxygen atoms in total. The molecule has 3 heterocycles. The number of amidine groups is 1. The lowest BCUT2D eigenvalue weighted by Gasteiger charge is -2.32. The average molecular weight is 438 g/mol. The fourth-order valence-corrected chi connectivity index (χ4v) is 4.21. The quantitative estimate of drug-likeness (QED) is 0.767. The number of hydrogen-bond donors (Lipinski definition) is 2. The van der Waals surface area contributed by atoms with Crippen molar-refractivity contribution < 1.29 is 14.3 Å². The van der Waals surface area contributed by atoms with Gasteiger partial charge in [-0.3, -0.25) is 15.1 Å². The molecule has 0 unspecified atom stereocenters. The van der Waals surface area contributed by atoms with E-state index in [0.717, 1.165) is 17.9 Å². The van der Waals surface area contributed by atoms with Crippen LogP contribution in [0.4, 0.5) is 5.69 Å². The molecule has 0 aliphatic carbocycles. The van der Waals surface area contributed by atoms with E-state index in [0.29, 0.717) is 31.1 Å². The van der Waals surface area contributed by atoms with E-state index in [1.165, 1.54) is 19.8 Å². The molecule has 1 fully saturated rings. The monoisotopic (exact) mass is 437 g/mol. The number of amides is 1. The van der Waals surface area contributed by atoms with Crippen LogP contribution in [0, 0.1) is 0 Å². The molecule has 1 amide bonds. The van der Waals surface area contributed by atoms with Crippen LogP contribution in [-0.2, 0) is 6.54 Å². The van der Waals surface area contributed by atoms with Gasteiger partial charge in [-0.1, -0.05) is 18.2 Å². The topological polar surface area (TPSA) is 88.1 Å². The van der Waals surface area contributed by atoms with Gasteiger partial charge in [0.15, 0.2) is 0 Å². The third kappa shape index (κ3) is 4.27. The molecule has 2 aliphatic rings. The minimum Gasteiger partial charge on any atom is -0.481 e. The zero-order valence-corrected chi connectivity index (χ0v) is 19.4. The predicted octanol–water partition coefficient (Wildman–Crippen LogP) is 3.10. The number of anilines is 1. The van der Waals surface area contributed by atoms with Gasteiger partial charge in [0.25, 0.3) is 5.91 Å². The highest BCUT2D eigenvalue weighted by Crippen LogP contribution is 2.32. The van der Waals surface area contributed by atoms with Gasteiger partial charge < -0.3 is 19.7 Å². The number of pyridine rings is 1. The summed E-state index contributed by atoms with van der Waals surface area (Å²) in [7, 11) is 3.04. The van der Waals surface area contributed by atoms with Gasteiger partial charge in [0.05, 0.1) is 25.3 Å². The fourth-order valence-electron chi connectivity index (χ4n) is 4.21. The van der Waals surface area contributed by atoms with Gasteiger partial charge >= 0.3 is 0 Å². The summed E-state index contributed by atoms with van der Waals surface area (Å²) >= 11 is 0. The van der Waals surface area contributed by atoms with Crippen molar-refractivity contribution in [3.63, 3.8) is 0 Å². The number of aromatic nitrogens is 1. The third-order valence-electron chi connectivity index (χ3n) is 5.81. The molecule has 2 N–H and O–H groups in total. The van der Waals surface area contributed by atoms with E-state index in [4.69, 9.17) is 14.5 Å². The second-order valence-electron chi connectivity index (χ2n) is 9.24. The van der Waals surface area contributed by atoms with E-state index in [-0.39, 0.29) is 17.3 Å². The van der Waals surface area contributed by atoms with Crippen LogP contribution in [-0.4, -0.2) is 60.0 Å². The Kier molecular flexibility index (Phi) is 5.81. The molecule has 0 bridgehead atoms. The molecule has 2 aliphatic heterocycles. The molecule has 0 radical (unpaired) electrons. The Labute approximate surface area is 189 Å². The summed E-state index contributed by atoms with van der Waals surface area (Å²) in [6, 6.07) is 11.6. The maximum atomic E-state index is 13.4. The minimum atomic E-state index is -0.463. The Balaban J connectivity index is 1.66. The SMILES string of the molecule is COc1ccc(C(=O)N2CC[C@@]3(C2)NCc2ccccc2NC3=NC(C)(C)C)c(OC)n1. The largest absolute Gasteiger partial charge is 0.481 e. The number of para-hydroxylation sites is 1. The smallest absolute Gasteiger partial charge is 0.259 e. The predicted molar refractivity (Wildman–Crippen MR) is 125 cm³/mol. The summed E-state index contributed by atoms with van der Waals surface area (Å²) in [4.78, 5) is 24.6. The van der Waals surface area contributed by atoms with Gasteiger partial charge in [0.1, 0.15) is 11.4 Å². The first-order chi connectivity index (χ1) is 15.2. The molecule has 1 aromatic carbocycles. The molecular formula is C24H31N5O3. The minimum absolute atomic E-state index is 0.118. The number of carbonyl (C=O) groups is 1. The van der Waals surface area contributed by atoms with Gasteiger partial charge in [-0.15, -0.1) is 0 Å². The molecular weight excluding hydrogens is 406 g/mol. The van der Waals surface area contributed by atoms with Crippen molar-refractivity contribution in [1.29, 1.82) is 0 Å². The van der Waals surface area contributed by atoms with Crippen molar-refractivity contribution in [3.05, 3.63) is 47.5 Å². The lowest BCUT2D eigenvalue weighted by molar-refractivity contribution is 0.0781. The van der Waals surface area contributed by atoms with E-state index < -0.39 is 5.54 Å². The molecule has 1 atom stereocenters. The lowest BCUT2D eigenvalue weighted by atomic mass is 9.95. The Morgan fingerprint density at radius 2 is 1.94 bits per heavy atom. The number of rotatable bonds is 3. The van der Waals surface area contributed by atoms with Gasteiger partial charge in [-0.05, 0) is 44.9 Å². The second kappa shape index (κ2) is 8.43. The first kappa shape index (κ1) is 22.1. The van der Waals surface area contributed by atoms with E-state index >= 15 is 0 Å². The number of methoxy groups -OCH3 is 2. The maximum Gasteiger partial charge on any atom is 0.259 e. The van der Waals surface area contributed by atoms with Crippen LogP contribution in [0.3, 0.4) is 0 Å². The highest BCUT2D eigenvalue weighted by Gasteiger charge is 2.46. The van der Waals surface area contributed by atoms with Crippen molar-refractivity contribution >= 4 is 17.4 Å². The molecule has 4 rings (SSSR count). The summed E-state index contributed by atoms with van der Waals surface area (Å²) in [6.07, 6.45) is 0.751. The first-order valence-electron chi connectivity index (χ1n) is 10.8. The van der Waals surface area contributed by atoms with Crippen molar-refractivity contribution in [1.82, 2.24) is 15.2 Å². The van der Waals surface area contributed by atoms with Gasteiger partial charge in [-0.2, -0.15) is 4.98 Å². The van der Waals surface area contributed by atoms with Crippen LogP contribution in [0.1, 0.15) is 43.1 Å². The summed E-state index contributed by atoms with van der Waals surface area (Å²) in [5.41, 5.74) is 1.92. The summed E-state index contributed by atoms with van der Waals surface area (Å²) < 4.78 is 10.5. The molecule has 2 aromatic rings. The van der Waals surface area contributed by atoms with Crippen LogP contribution < -0.4 is 20.1 Å². The molecule has 32 heavy (non-hydrogen) atoms. The summed E-state index contributed by atoms with van der Waals surface area (Å²) in [5.74, 6) is 1.42. The van der Waals surface area contributed by atoms with Gasteiger partial charge in [0, 0.05) is 31.4 Å². The molecule has 1 saturated heterocycles. The lowest BCUT2D eigenvalue weighted by Crippen LogP contribution is -2.56. The third-order valence-corrected chi connectivity index (χ3v) is 5.81. The standard InChI is InChI=1S/C24H31N5O3/c1-23(2,3)28-22-24(25-14-16-8-6-7-9-18(16)26-22)12-13-29(15-24)21(30)17-10-11-19(31-4)27-20(17)32-5/h6-11,25H,12-15H2,1-5H3,(H,26,28)/t24-/m0/s1. The normalized spacial score (nSPS) is 21.8. The molecule has 0 saturated carbocycles. The van der Waals surface area contributed by atoms with Crippen LogP contribution >= 0.6 is 0 Å². The van der Waals surface area contributed by atoms with Crippen molar-refractivity contribution in [3.8, 4) is 11.8 Å². The highest BCUT2D eigenvalue weighted by molar-refractivity contribution is 6.05. The van der Waals surface area contributed by atoms with E-state index in [2.05, 4.69) is 48.5 Å². The van der Waals surface area contributed by atoms with Crippen molar-refractivity contribution in [2.24, 2.45) is 4.99 Å². The number of ether oxygens (including phenoxy) is 2. The number of nitrogens with one attached hydrogen (secondary N) is 2. The number of aliphatic imine (C=N–C) groups is 1. The van der Waals surface area contributed by atoms with Crippen LogP contribution in [0.2, 0.25) is 0 Å². The molecule has 1 spiro atoms. The summed E-state index contributed by atoms with van der Waals surface area (Å²) in [6.45, 7) is 8.04. The van der Waals surface area contributed by atoms with Gasteiger partial charge in [-0.25, -0.2) is 0 Å². The van der Waals surface area contributed by atoms with Crippen LogP contribution in [0.15, 0.2) is 41.4 Å². The number of carbonyl (C=O) groups excluding carboxylic acids is 1. The Morgan fingerprint density at radius 3 is 2.66 bits per heavy atom. The molecule has 170 valence electrons. The van der Waals surface area contributed by atoms with Gasteiger partial charge in [0.2, 0.25) is 11.8 Å². The second-order valence-corrected chi connectivity index (χ2v) is 9.24. The van der Waals surface area contributed by atoms with Crippen molar-refractivity contribution in [2.45, 2.75) is 44.8 Å². The molecule has 1 aromatic heterocycles. The van der Waals surface area contributed by atoms with Crippen LogP contribution in [0.25, 0.3) is 0 Å². The van der Waals surface area contributed by atoms with Crippen molar-refractivity contribution in [2.75, 3.05) is 32.6 Å². The van der Waals surface area contributed by atoms with E-state index in [9.17, 15) is 4.79 Å². The Morgan fingerprint density at radius 1 is 1.16 bits per heavy atom. The highest BCUT2D eigenvalue weighted by atomic mass is 16.5. The van der Waals surface area contributed by atoms with E-state index in [1.54, 1.807) is 12.1 Å². The summed E-state index contributed by atoms with van der Waals surface area (Å²) in [5, 5.41) is 7.30. The average Bonchev–Trinajstić information content (AvgIpc) is 3.15. The molecule has 8 heteroatoms. The number of hydrogen-bond acceptors (Lipinski definition) is 6. The zero-order chi connectivity index (χ0) is 22.9. The Hall–Kier alpha value is -3.13. The fraction of sp³-hybridized carbons (Fsp3) is 0.458.